The van der Waals surface area contributed by atoms with Crippen LogP contribution in [0.4, 0.5) is 4.39 Å². The lowest BCUT2D eigenvalue weighted by molar-refractivity contribution is -0.143. The molecule has 34 heavy (non-hydrogen) atoms. The van der Waals surface area contributed by atoms with Crippen molar-refractivity contribution in [1.29, 1.82) is 0 Å². The molecule has 0 saturated carbocycles. The maximum atomic E-state index is 14.2. The first kappa shape index (κ1) is 23.8. The third-order valence-electron chi connectivity index (χ3n) is 6.23. The summed E-state index contributed by atoms with van der Waals surface area (Å²) in [4.78, 5) is 13.7. The van der Waals surface area contributed by atoms with Crippen LogP contribution in [0.15, 0.2) is 72.8 Å². The zero-order chi connectivity index (χ0) is 23.9. The van der Waals surface area contributed by atoms with Gasteiger partial charge in [-0.3, -0.25) is 9.69 Å². The van der Waals surface area contributed by atoms with Gasteiger partial charge in [-0.1, -0.05) is 48.5 Å². The average Bonchev–Trinajstić information content (AvgIpc) is 2.85. The van der Waals surface area contributed by atoms with Gasteiger partial charge in [-0.25, -0.2) is 4.39 Å². The number of hydrogen-bond donors (Lipinski definition) is 1. The van der Waals surface area contributed by atoms with E-state index >= 15 is 0 Å². The molecule has 1 saturated heterocycles. The third-order valence-corrected chi connectivity index (χ3v) is 6.23. The SMILES string of the molecule is CCOc1cc(C(c2cccc(F)c2)N2CCC(C(=O)O)CC2)ccc1OCc1ccccc1. The first-order chi connectivity index (χ1) is 16.5. The molecule has 1 aliphatic rings. The molecule has 0 radical (unpaired) electrons. The van der Waals surface area contributed by atoms with E-state index in [0.29, 0.717) is 50.6 Å². The number of likely N-dealkylation sites (tertiary alicyclic amines) is 1. The molecule has 6 heteroatoms. The Bertz CT molecular complexity index is 1100. The number of halogens is 1. The van der Waals surface area contributed by atoms with Crippen LogP contribution in [-0.4, -0.2) is 35.7 Å². The van der Waals surface area contributed by atoms with E-state index in [0.717, 1.165) is 16.7 Å². The van der Waals surface area contributed by atoms with Gasteiger partial charge < -0.3 is 14.6 Å². The Kier molecular flexibility index (Phi) is 7.80. The van der Waals surface area contributed by atoms with Crippen molar-refractivity contribution in [1.82, 2.24) is 4.90 Å². The van der Waals surface area contributed by atoms with Crippen molar-refractivity contribution in [3.8, 4) is 11.5 Å². The number of hydrogen-bond acceptors (Lipinski definition) is 4. The fourth-order valence-corrected chi connectivity index (χ4v) is 4.51. The predicted molar refractivity (Wildman–Crippen MR) is 129 cm³/mol. The molecule has 3 aromatic rings. The molecule has 4 rings (SSSR count). The summed E-state index contributed by atoms with van der Waals surface area (Å²) >= 11 is 0. The first-order valence-electron chi connectivity index (χ1n) is 11.7. The lowest BCUT2D eigenvalue weighted by Crippen LogP contribution is -2.39. The number of rotatable bonds is 9. The molecule has 0 aromatic heterocycles. The maximum Gasteiger partial charge on any atom is 0.306 e. The minimum atomic E-state index is -0.750. The van der Waals surface area contributed by atoms with Crippen molar-refractivity contribution in [2.24, 2.45) is 5.92 Å². The summed E-state index contributed by atoms with van der Waals surface area (Å²) in [5, 5.41) is 9.39. The lowest BCUT2D eigenvalue weighted by atomic mass is 9.91. The number of carbonyl (C=O) groups is 1. The number of benzene rings is 3. The molecule has 1 N–H and O–H groups in total. The number of ether oxygens (including phenoxy) is 2. The van der Waals surface area contributed by atoms with Crippen molar-refractivity contribution < 1.29 is 23.8 Å². The van der Waals surface area contributed by atoms with E-state index in [-0.39, 0.29) is 17.8 Å². The molecule has 5 nitrogen and oxygen atoms in total. The van der Waals surface area contributed by atoms with Crippen molar-refractivity contribution in [2.75, 3.05) is 19.7 Å². The van der Waals surface area contributed by atoms with E-state index in [4.69, 9.17) is 9.47 Å². The predicted octanol–water partition coefficient (Wildman–Crippen LogP) is 5.69. The Labute approximate surface area is 199 Å². The molecular weight excluding hydrogens is 433 g/mol. The average molecular weight is 464 g/mol. The highest BCUT2D eigenvalue weighted by Crippen LogP contribution is 2.37. The van der Waals surface area contributed by atoms with Crippen LogP contribution >= 0.6 is 0 Å². The highest BCUT2D eigenvalue weighted by Gasteiger charge is 2.31. The van der Waals surface area contributed by atoms with Crippen LogP contribution in [0.25, 0.3) is 0 Å². The van der Waals surface area contributed by atoms with Gasteiger partial charge in [0.2, 0.25) is 0 Å². The lowest BCUT2D eigenvalue weighted by Gasteiger charge is -2.37. The van der Waals surface area contributed by atoms with Crippen molar-refractivity contribution >= 4 is 5.97 Å². The van der Waals surface area contributed by atoms with Gasteiger partial charge in [0.05, 0.1) is 18.6 Å². The molecule has 0 bridgehead atoms. The van der Waals surface area contributed by atoms with Crippen LogP contribution in [0.3, 0.4) is 0 Å². The first-order valence-corrected chi connectivity index (χ1v) is 11.7. The zero-order valence-corrected chi connectivity index (χ0v) is 19.3. The number of piperidine rings is 1. The Morgan fingerprint density at radius 2 is 1.71 bits per heavy atom. The number of aliphatic carboxylic acids is 1. The maximum absolute atomic E-state index is 14.2. The minimum Gasteiger partial charge on any atom is -0.490 e. The Morgan fingerprint density at radius 3 is 2.38 bits per heavy atom. The standard InChI is InChI=1S/C28H30FNO4/c1-2-33-26-18-23(11-12-25(26)34-19-20-7-4-3-5-8-20)27(22-9-6-10-24(29)17-22)30-15-13-21(14-16-30)28(31)32/h3-12,17-18,21,27H,2,13-16,19H2,1H3,(H,31,32). The second-order valence-corrected chi connectivity index (χ2v) is 8.52. The van der Waals surface area contributed by atoms with Crippen LogP contribution in [0.5, 0.6) is 11.5 Å². The van der Waals surface area contributed by atoms with Crippen molar-refractivity contribution in [3.05, 3.63) is 95.3 Å². The highest BCUT2D eigenvalue weighted by atomic mass is 19.1. The molecule has 0 amide bonds. The quantitative estimate of drug-likeness (QED) is 0.442. The molecule has 178 valence electrons. The topological polar surface area (TPSA) is 59.0 Å². The van der Waals surface area contributed by atoms with Gasteiger partial charge in [-0.2, -0.15) is 0 Å². The van der Waals surface area contributed by atoms with Gasteiger partial charge in [-0.15, -0.1) is 0 Å². The summed E-state index contributed by atoms with van der Waals surface area (Å²) in [6, 6.07) is 22.2. The molecule has 1 unspecified atom stereocenters. The van der Waals surface area contributed by atoms with Gasteiger partial charge in [-0.05, 0) is 73.8 Å². The van der Waals surface area contributed by atoms with E-state index in [2.05, 4.69) is 4.90 Å². The van der Waals surface area contributed by atoms with Crippen LogP contribution in [0, 0.1) is 11.7 Å². The number of carboxylic acid groups (broad SMARTS) is 1. The monoisotopic (exact) mass is 463 g/mol. The Balaban J connectivity index is 1.63. The summed E-state index contributed by atoms with van der Waals surface area (Å²) in [5.41, 5.74) is 2.84. The zero-order valence-electron chi connectivity index (χ0n) is 19.3. The number of carboxylic acids is 1. The third kappa shape index (κ3) is 5.75. The summed E-state index contributed by atoms with van der Waals surface area (Å²) in [6.45, 7) is 4.08. The van der Waals surface area contributed by atoms with E-state index in [1.54, 1.807) is 12.1 Å². The van der Waals surface area contributed by atoms with Crippen LogP contribution in [0.2, 0.25) is 0 Å². The van der Waals surface area contributed by atoms with Crippen LogP contribution < -0.4 is 9.47 Å². The fourth-order valence-electron chi connectivity index (χ4n) is 4.51. The fraction of sp³-hybridized carbons (Fsp3) is 0.321. The highest BCUT2D eigenvalue weighted by molar-refractivity contribution is 5.70. The largest absolute Gasteiger partial charge is 0.490 e. The summed E-state index contributed by atoms with van der Waals surface area (Å²) < 4.78 is 26.1. The molecular formula is C28H30FNO4. The Morgan fingerprint density at radius 1 is 0.971 bits per heavy atom. The second kappa shape index (κ2) is 11.2. The van der Waals surface area contributed by atoms with Crippen molar-refractivity contribution in [3.63, 3.8) is 0 Å². The Hall–Kier alpha value is -3.38. The second-order valence-electron chi connectivity index (χ2n) is 8.52. The molecule has 1 heterocycles. The van der Waals surface area contributed by atoms with E-state index < -0.39 is 5.97 Å². The van der Waals surface area contributed by atoms with Gasteiger partial charge in [0.25, 0.3) is 0 Å². The van der Waals surface area contributed by atoms with Gasteiger partial charge >= 0.3 is 5.97 Å². The summed E-state index contributed by atoms with van der Waals surface area (Å²) in [6.07, 6.45) is 1.13. The van der Waals surface area contributed by atoms with E-state index in [1.165, 1.54) is 6.07 Å². The smallest absolute Gasteiger partial charge is 0.306 e. The van der Waals surface area contributed by atoms with Gasteiger partial charge in [0.1, 0.15) is 12.4 Å². The summed E-state index contributed by atoms with van der Waals surface area (Å²) in [5.74, 6) is -0.0942. The van der Waals surface area contributed by atoms with Crippen LogP contribution in [-0.2, 0) is 11.4 Å². The molecule has 3 aromatic carbocycles. The molecule has 1 atom stereocenters. The van der Waals surface area contributed by atoms with Crippen molar-refractivity contribution in [2.45, 2.75) is 32.4 Å². The van der Waals surface area contributed by atoms with Crippen LogP contribution in [0.1, 0.15) is 42.5 Å². The van der Waals surface area contributed by atoms with E-state index in [9.17, 15) is 14.3 Å². The van der Waals surface area contributed by atoms with Gasteiger partial charge in [0, 0.05) is 0 Å². The molecule has 0 aliphatic carbocycles. The summed E-state index contributed by atoms with van der Waals surface area (Å²) in [7, 11) is 0. The number of nitrogens with zero attached hydrogens (tertiary/aromatic N) is 1. The molecule has 0 spiro atoms. The minimum absolute atomic E-state index is 0.215. The molecule has 1 aliphatic heterocycles. The van der Waals surface area contributed by atoms with Gasteiger partial charge in [0.15, 0.2) is 11.5 Å². The van der Waals surface area contributed by atoms with E-state index in [1.807, 2.05) is 61.5 Å². The molecule has 1 fully saturated rings. The normalized spacial score (nSPS) is 15.6.